The van der Waals surface area contributed by atoms with Gasteiger partial charge in [-0.3, -0.25) is 9.59 Å². The molecule has 3 aromatic rings. The fourth-order valence-corrected chi connectivity index (χ4v) is 2.57. The molecule has 7 heteroatoms. The van der Waals surface area contributed by atoms with E-state index in [0.717, 1.165) is 6.07 Å². The number of aromatic amines is 1. The number of para-hydroxylation sites is 3. The molecule has 2 aromatic carbocycles. The Morgan fingerprint density at radius 3 is 2.56 bits per heavy atom. The van der Waals surface area contributed by atoms with Gasteiger partial charge in [0.25, 0.3) is 5.91 Å². The Bertz CT molecular complexity index is 1060. The number of anilines is 1. The largest absolute Gasteiger partial charge is 0.495 e. The minimum Gasteiger partial charge on any atom is -0.495 e. The van der Waals surface area contributed by atoms with Crippen molar-refractivity contribution in [1.82, 2.24) is 4.98 Å². The summed E-state index contributed by atoms with van der Waals surface area (Å²) in [6, 6.07) is 14.9. The van der Waals surface area contributed by atoms with Gasteiger partial charge < -0.3 is 19.8 Å². The summed E-state index contributed by atoms with van der Waals surface area (Å²) in [6.07, 6.45) is -1.07. The highest BCUT2D eigenvalue weighted by Gasteiger charge is 2.21. The Morgan fingerprint density at radius 2 is 1.78 bits per heavy atom. The molecule has 0 bridgehead atoms. The first kappa shape index (κ1) is 18.2. The Morgan fingerprint density at radius 1 is 1.07 bits per heavy atom. The second kappa shape index (κ2) is 7.74. The molecule has 7 nitrogen and oxygen atoms in total. The number of hydrogen-bond acceptors (Lipinski definition) is 5. The molecular weight excluding hydrogens is 348 g/mol. The van der Waals surface area contributed by atoms with Crippen molar-refractivity contribution in [2.45, 2.75) is 13.0 Å². The summed E-state index contributed by atoms with van der Waals surface area (Å²) >= 11 is 0. The van der Waals surface area contributed by atoms with Crippen LogP contribution in [0.25, 0.3) is 10.9 Å². The zero-order chi connectivity index (χ0) is 19.4. The van der Waals surface area contributed by atoms with Crippen molar-refractivity contribution in [3.63, 3.8) is 0 Å². The SMILES string of the molecule is COc1ccccc1NC(=O)[C@@H](C)OC(=O)c1cc(=O)c2ccccc2[nH]1. The number of esters is 1. The van der Waals surface area contributed by atoms with Crippen LogP contribution in [-0.2, 0) is 9.53 Å². The molecule has 0 unspecified atom stereocenters. The van der Waals surface area contributed by atoms with E-state index in [4.69, 9.17) is 9.47 Å². The summed E-state index contributed by atoms with van der Waals surface area (Å²) in [7, 11) is 1.49. The van der Waals surface area contributed by atoms with E-state index in [0.29, 0.717) is 22.3 Å². The zero-order valence-corrected chi connectivity index (χ0v) is 14.8. The Kier molecular flexibility index (Phi) is 5.21. The van der Waals surface area contributed by atoms with Crippen LogP contribution in [0.3, 0.4) is 0 Å². The first-order chi connectivity index (χ1) is 13.0. The van der Waals surface area contributed by atoms with Crippen LogP contribution < -0.4 is 15.5 Å². The third kappa shape index (κ3) is 3.98. The highest BCUT2D eigenvalue weighted by atomic mass is 16.5. The highest BCUT2D eigenvalue weighted by molar-refractivity contribution is 5.98. The van der Waals surface area contributed by atoms with Crippen molar-refractivity contribution in [2.24, 2.45) is 0 Å². The quantitative estimate of drug-likeness (QED) is 0.677. The van der Waals surface area contributed by atoms with Crippen molar-refractivity contribution in [1.29, 1.82) is 0 Å². The van der Waals surface area contributed by atoms with Crippen LogP contribution in [0.15, 0.2) is 59.4 Å². The van der Waals surface area contributed by atoms with Crippen molar-refractivity contribution in [3.8, 4) is 5.75 Å². The first-order valence-corrected chi connectivity index (χ1v) is 8.26. The number of carbonyl (C=O) groups excluding carboxylic acids is 2. The van der Waals surface area contributed by atoms with Gasteiger partial charge >= 0.3 is 5.97 Å². The number of ether oxygens (including phenoxy) is 2. The normalized spacial score (nSPS) is 11.6. The third-order valence-electron chi connectivity index (χ3n) is 3.98. The monoisotopic (exact) mass is 366 g/mol. The number of amides is 1. The molecule has 0 saturated carbocycles. The molecule has 0 radical (unpaired) electrons. The van der Waals surface area contributed by atoms with Crippen molar-refractivity contribution < 1.29 is 19.1 Å². The second-order valence-electron chi connectivity index (χ2n) is 5.83. The number of pyridine rings is 1. The maximum Gasteiger partial charge on any atom is 0.355 e. The van der Waals surface area contributed by atoms with Crippen LogP contribution in [0.4, 0.5) is 5.69 Å². The van der Waals surface area contributed by atoms with Crippen molar-refractivity contribution in [2.75, 3.05) is 12.4 Å². The Balaban J connectivity index is 1.73. The van der Waals surface area contributed by atoms with Crippen LogP contribution in [0.2, 0.25) is 0 Å². The lowest BCUT2D eigenvalue weighted by Gasteiger charge is -2.15. The zero-order valence-electron chi connectivity index (χ0n) is 14.8. The minimum absolute atomic E-state index is 0.0179. The van der Waals surface area contributed by atoms with Gasteiger partial charge in [-0.05, 0) is 31.2 Å². The van der Waals surface area contributed by atoms with Gasteiger partial charge in [0.15, 0.2) is 11.5 Å². The minimum atomic E-state index is -1.07. The maximum absolute atomic E-state index is 12.3. The number of rotatable bonds is 5. The number of benzene rings is 2. The van der Waals surface area contributed by atoms with E-state index in [1.807, 2.05) is 0 Å². The van der Waals surface area contributed by atoms with Gasteiger partial charge in [-0.15, -0.1) is 0 Å². The fraction of sp³-hybridized carbons (Fsp3) is 0.150. The predicted molar refractivity (Wildman–Crippen MR) is 101 cm³/mol. The third-order valence-corrected chi connectivity index (χ3v) is 3.98. The molecule has 1 aromatic heterocycles. The summed E-state index contributed by atoms with van der Waals surface area (Å²) in [5, 5.41) is 3.11. The van der Waals surface area contributed by atoms with E-state index in [9.17, 15) is 14.4 Å². The summed E-state index contributed by atoms with van der Waals surface area (Å²) in [4.78, 5) is 39.6. The van der Waals surface area contributed by atoms with Gasteiger partial charge in [0.05, 0.1) is 12.8 Å². The number of nitrogens with one attached hydrogen (secondary N) is 2. The molecule has 0 fully saturated rings. The lowest BCUT2D eigenvalue weighted by atomic mass is 10.2. The van der Waals surface area contributed by atoms with E-state index in [-0.39, 0.29) is 11.1 Å². The van der Waals surface area contributed by atoms with E-state index >= 15 is 0 Å². The number of fused-ring (bicyclic) bond motifs is 1. The van der Waals surface area contributed by atoms with Gasteiger partial charge in [0.2, 0.25) is 0 Å². The smallest absolute Gasteiger partial charge is 0.355 e. The number of H-pyrrole nitrogens is 1. The van der Waals surface area contributed by atoms with Crippen LogP contribution in [0.1, 0.15) is 17.4 Å². The molecule has 2 N–H and O–H groups in total. The van der Waals surface area contributed by atoms with E-state index in [1.54, 1.807) is 48.5 Å². The van der Waals surface area contributed by atoms with Gasteiger partial charge in [0, 0.05) is 17.0 Å². The molecule has 0 aliphatic carbocycles. The standard InChI is InChI=1S/C20H18N2O5/c1-12(19(24)22-15-9-5-6-10-18(15)26-2)27-20(25)16-11-17(23)13-7-3-4-8-14(13)21-16/h3-12H,1-2H3,(H,21,23)(H,22,24)/t12-/m1/s1. The molecule has 0 saturated heterocycles. The molecule has 138 valence electrons. The summed E-state index contributed by atoms with van der Waals surface area (Å²) in [6.45, 7) is 1.45. The molecular formula is C20H18N2O5. The molecule has 27 heavy (non-hydrogen) atoms. The number of methoxy groups -OCH3 is 1. The van der Waals surface area contributed by atoms with Crippen molar-refractivity contribution in [3.05, 3.63) is 70.5 Å². The van der Waals surface area contributed by atoms with Gasteiger partial charge in [-0.25, -0.2) is 4.79 Å². The number of hydrogen-bond donors (Lipinski definition) is 2. The summed E-state index contributed by atoms with van der Waals surface area (Å²) in [5.41, 5.74) is 0.660. The Labute approximate surface area is 154 Å². The van der Waals surface area contributed by atoms with Crippen LogP contribution in [0, 0.1) is 0 Å². The molecule has 0 aliphatic rings. The molecule has 1 atom stereocenters. The van der Waals surface area contributed by atoms with E-state index < -0.39 is 18.0 Å². The number of carbonyl (C=O) groups is 2. The fourth-order valence-electron chi connectivity index (χ4n) is 2.57. The lowest BCUT2D eigenvalue weighted by molar-refractivity contribution is -0.123. The van der Waals surface area contributed by atoms with E-state index in [1.165, 1.54) is 14.0 Å². The summed E-state index contributed by atoms with van der Waals surface area (Å²) in [5.74, 6) is -0.820. The predicted octanol–water partition coefficient (Wildman–Crippen LogP) is 2.72. The van der Waals surface area contributed by atoms with Gasteiger partial charge in [-0.2, -0.15) is 0 Å². The van der Waals surface area contributed by atoms with Gasteiger partial charge in [0.1, 0.15) is 11.4 Å². The van der Waals surface area contributed by atoms with Crippen molar-refractivity contribution >= 4 is 28.5 Å². The van der Waals surface area contributed by atoms with Gasteiger partial charge in [-0.1, -0.05) is 24.3 Å². The van der Waals surface area contributed by atoms with Crippen LogP contribution in [-0.4, -0.2) is 30.1 Å². The maximum atomic E-state index is 12.3. The summed E-state index contributed by atoms with van der Waals surface area (Å²) < 4.78 is 10.4. The van der Waals surface area contributed by atoms with Crippen LogP contribution in [0.5, 0.6) is 5.75 Å². The molecule has 0 spiro atoms. The average molecular weight is 366 g/mol. The van der Waals surface area contributed by atoms with E-state index in [2.05, 4.69) is 10.3 Å². The highest BCUT2D eigenvalue weighted by Crippen LogP contribution is 2.23. The topological polar surface area (TPSA) is 97.5 Å². The molecule has 1 amide bonds. The second-order valence-corrected chi connectivity index (χ2v) is 5.83. The molecule has 1 heterocycles. The first-order valence-electron chi connectivity index (χ1n) is 8.26. The molecule has 3 rings (SSSR count). The average Bonchev–Trinajstić information content (AvgIpc) is 2.68. The molecule has 0 aliphatic heterocycles. The lowest BCUT2D eigenvalue weighted by Crippen LogP contribution is -2.30. The Hall–Kier alpha value is -3.61. The number of aromatic nitrogens is 1. The van der Waals surface area contributed by atoms with Crippen LogP contribution >= 0.6 is 0 Å².